The number of hydrogen-bond donors (Lipinski definition) is 0. The second kappa shape index (κ2) is 7.08. The van der Waals surface area contributed by atoms with Gasteiger partial charge in [0, 0.05) is 26.6 Å². The molecule has 0 radical (unpaired) electrons. The SMILES string of the molecule is COC[C@@H]1CCCN(C(=O)CC(C)(C)c2ccccc2)C1. The van der Waals surface area contributed by atoms with E-state index in [1.54, 1.807) is 7.11 Å². The van der Waals surface area contributed by atoms with Crippen molar-refractivity contribution in [2.45, 2.75) is 38.5 Å². The van der Waals surface area contributed by atoms with Crippen molar-refractivity contribution in [1.29, 1.82) is 0 Å². The van der Waals surface area contributed by atoms with Gasteiger partial charge in [-0.1, -0.05) is 44.2 Å². The molecule has 2 rings (SSSR count). The predicted molar refractivity (Wildman–Crippen MR) is 85.3 cm³/mol. The lowest BCUT2D eigenvalue weighted by Gasteiger charge is -2.35. The highest BCUT2D eigenvalue weighted by Crippen LogP contribution is 2.28. The van der Waals surface area contributed by atoms with Gasteiger partial charge in [0.1, 0.15) is 0 Å². The number of methoxy groups -OCH3 is 1. The van der Waals surface area contributed by atoms with Crippen LogP contribution in [-0.2, 0) is 14.9 Å². The van der Waals surface area contributed by atoms with Gasteiger partial charge in [0.25, 0.3) is 0 Å². The highest BCUT2D eigenvalue weighted by atomic mass is 16.5. The van der Waals surface area contributed by atoms with Crippen LogP contribution in [0.15, 0.2) is 30.3 Å². The Morgan fingerprint density at radius 2 is 2.05 bits per heavy atom. The number of amides is 1. The second-order valence-corrected chi connectivity index (χ2v) is 6.73. The lowest BCUT2D eigenvalue weighted by Crippen LogP contribution is -2.43. The maximum absolute atomic E-state index is 12.6. The van der Waals surface area contributed by atoms with E-state index in [1.807, 2.05) is 23.1 Å². The molecule has 0 spiro atoms. The Kier molecular flexibility index (Phi) is 5.40. The number of hydrogen-bond acceptors (Lipinski definition) is 2. The summed E-state index contributed by atoms with van der Waals surface area (Å²) in [6.45, 7) is 6.79. The van der Waals surface area contributed by atoms with E-state index in [9.17, 15) is 4.79 Å². The predicted octanol–water partition coefficient (Wildman–Crippen LogP) is 3.24. The minimum absolute atomic E-state index is 0.119. The Hall–Kier alpha value is -1.35. The molecule has 1 heterocycles. The highest BCUT2D eigenvalue weighted by Gasteiger charge is 2.29. The van der Waals surface area contributed by atoms with Crippen LogP contribution in [0.4, 0.5) is 0 Å². The van der Waals surface area contributed by atoms with Gasteiger partial charge in [0.2, 0.25) is 5.91 Å². The molecule has 1 fully saturated rings. The average Bonchev–Trinajstić information content (AvgIpc) is 2.48. The summed E-state index contributed by atoms with van der Waals surface area (Å²) in [4.78, 5) is 14.6. The number of piperidine rings is 1. The van der Waals surface area contributed by atoms with Gasteiger partial charge in [0.15, 0.2) is 0 Å². The molecule has 21 heavy (non-hydrogen) atoms. The van der Waals surface area contributed by atoms with E-state index in [4.69, 9.17) is 4.74 Å². The summed E-state index contributed by atoms with van der Waals surface area (Å²) in [5, 5.41) is 0. The molecule has 1 amide bonds. The van der Waals surface area contributed by atoms with Crippen LogP contribution < -0.4 is 0 Å². The van der Waals surface area contributed by atoms with E-state index < -0.39 is 0 Å². The number of nitrogens with zero attached hydrogens (tertiary/aromatic N) is 1. The molecule has 1 aromatic carbocycles. The van der Waals surface area contributed by atoms with E-state index >= 15 is 0 Å². The van der Waals surface area contributed by atoms with Gasteiger partial charge in [-0.2, -0.15) is 0 Å². The molecular formula is C18H27NO2. The zero-order chi connectivity index (χ0) is 15.3. The molecule has 1 aliphatic heterocycles. The molecule has 1 aliphatic rings. The van der Waals surface area contributed by atoms with E-state index in [0.29, 0.717) is 12.3 Å². The summed E-state index contributed by atoms with van der Waals surface area (Å²) in [7, 11) is 1.74. The first-order chi connectivity index (χ1) is 10.0. The smallest absolute Gasteiger partial charge is 0.223 e. The number of benzene rings is 1. The third-order valence-corrected chi connectivity index (χ3v) is 4.42. The minimum Gasteiger partial charge on any atom is -0.384 e. The van der Waals surface area contributed by atoms with Gasteiger partial charge < -0.3 is 9.64 Å². The summed E-state index contributed by atoms with van der Waals surface area (Å²) in [6, 6.07) is 10.3. The largest absolute Gasteiger partial charge is 0.384 e. The summed E-state index contributed by atoms with van der Waals surface area (Å²) >= 11 is 0. The molecule has 3 heteroatoms. The van der Waals surface area contributed by atoms with Crippen LogP contribution in [0.2, 0.25) is 0 Å². The quantitative estimate of drug-likeness (QED) is 0.833. The van der Waals surface area contributed by atoms with Crippen molar-refractivity contribution in [3.05, 3.63) is 35.9 Å². The molecule has 0 N–H and O–H groups in total. The first-order valence-corrected chi connectivity index (χ1v) is 7.85. The number of likely N-dealkylation sites (tertiary alicyclic amines) is 1. The minimum atomic E-state index is -0.119. The highest BCUT2D eigenvalue weighted by molar-refractivity contribution is 5.77. The van der Waals surface area contributed by atoms with E-state index in [1.165, 1.54) is 12.0 Å². The molecule has 0 aromatic heterocycles. The van der Waals surface area contributed by atoms with E-state index in [2.05, 4.69) is 26.0 Å². The molecule has 0 bridgehead atoms. The summed E-state index contributed by atoms with van der Waals surface area (Å²) in [5.74, 6) is 0.761. The maximum Gasteiger partial charge on any atom is 0.223 e. The Balaban J connectivity index is 1.97. The van der Waals surface area contributed by atoms with Crippen molar-refractivity contribution in [1.82, 2.24) is 4.90 Å². The molecular weight excluding hydrogens is 262 g/mol. The fraction of sp³-hybridized carbons (Fsp3) is 0.611. The molecule has 1 aromatic rings. The van der Waals surface area contributed by atoms with Crippen molar-refractivity contribution in [2.75, 3.05) is 26.8 Å². The normalized spacial score (nSPS) is 19.6. The van der Waals surface area contributed by atoms with Crippen molar-refractivity contribution in [3.63, 3.8) is 0 Å². The molecule has 0 unspecified atom stereocenters. The van der Waals surface area contributed by atoms with Crippen LogP contribution in [0.1, 0.15) is 38.7 Å². The van der Waals surface area contributed by atoms with Crippen LogP contribution in [0, 0.1) is 5.92 Å². The van der Waals surface area contributed by atoms with Crippen molar-refractivity contribution < 1.29 is 9.53 Å². The topological polar surface area (TPSA) is 29.5 Å². The standard InChI is InChI=1S/C18H27NO2/c1-18(2,16-9-5-4-6-10-16)12-17(20)19-11-7-8-15(13-19)14-21-3/h4-6,9-10,15H,7-8,11-14H2,1-3H3/t15-/m1/s1. The summed E-state index contributed by atoms with van der Waals surface area (Å²) in [5.41, 5.74) is 1.11. The Bertz CT molecular complexity index is 454. The zero-order valence-electron chi connectivity index (χ0n) is 13.5. The molecule has 1 atom stereocenters. The summed E-state index contributed by atoms with van der Waals surface area (Å²) < 4.78 is 5.24. The van der Waals surface area contributed by atoms with Crippen LogP contribution >= 0.6 is 0 Å². The van der Waals surface area contributed by atoms with Gasteiger partial charge in [-0.05, 0) is 29.7 Å². The van der Waals surface area contributed by atoms with Gasteiger partial charge in [-0.15, -0.1) is 0 Å². The first kappa shape index (κ1) is 16.0. The van der Waals surface area contributed by atoms with Crippen LogP contribution in [0.5, 0.6) is 0 Å². The number of ether oxygens (including phenoxy) is 1. The maximum atomic E-state index is 12.6. The molecule has 116 valence electrons. The monoisotopic (exact) mass is 289 g/mol. The van der Waals surface area contributed by atoms with Gasteiger partial charge >= 0.3 is 0 Å². The van der Waals surface area contributed by atoms with Gasteiger partial charge in [-0.3, -0.25) is 4.79 Å². The lowest BCUT2D eigenvalue weighted by molar-refractivity contribution is -0.134. The lowest BCUT2D eigenvalue weighted by atomic mass is 9.81. The molecule has 1 saturated heterocycles. The van der Waals surface area contributed by atoms with Gasteiger partial charge in [-0.25, -0.2) is 0 Å². The third kappa shape index (κ3) is 4.31. The van der Waals surface area contributed by atoms with Crippen molar-refractivity contribution in [2.24, 2.45) is 5.92 Å². The fourth-order valence-electron chi connectivity index (χ4n) is 3.14. The average molecular weight is 289 g/mol. The Morgan fingerprint density at radius 3 is 2.71 bits per heavy atom. The summed E-state index contributed by atoms with van der Waals surface area (Å²) in [6.07, 6.45) is 2.82. The van der Waals surface area contributed by atoms with Crippen LogP contribution in [0.3, 0.4) is 0 Å². The first-order valence-electron chi connectivity index (χ1n) is 7.85. The van der Waals surface area contributed by atoms with E-state index in [0.717, 1.165) is 26.1 Å². The number of carbonyl (C=O) groups is 1. The molecule has 0 aliphatic carbocycles. The fourth-order valence-corrected chi connectivity index (χ4v) is 3.14. The molecule has 3 nitrogen and oxygen atoms in total. The third-order valence-electron chi connectivity index (χ3n) is 4.42. The zero-order valence-corrected chi connectivity index (χ0v) is 13.5. The van der Waals surface area contributed by atoms with Crippen molar-refractivity contribution >= 4 is 5.91 Å². The van der Waals surface area contributed by atoms with Crippen LogP contribution in [-0.4, -0.2) is 37.6 Å². The number of carbonyl (C=O) groups excluding carboxylic acids is 1. The Labute approximate surface area is 128 Å². The van der Waals surface area contributed by atoms with E-state index in [-0.39, 0.29) is 11.3 Å². The van der Waals surface area contributed by atoms with Crippen LogP contribution in [0.25, 0.3) is 0 Å². The second-order valence-electron chi connectivity index (χ2n) is 6.73. The van der Waals surface area contributed by atoms with Gasteiger partial charge in [0.05, 0.1) is 6.61 Å². The Morgan fingerprint density at radius 1 is 1.33 bits per heavy atom. The van der Waals surface area contributed by atoms with Crippen molar-refractivity contribution in [3.8, 4) is 0 Å². The molecule has 0 saturated carbocycles. The number of rotatable bonds is 5.